The molecule has 0 saturated carbocycles. The molecule has 1 rings (SSSR count). The summed E-state index contributed by atoms with van der Waals surface area (Å²) < 4.78 is 24.6. The van der Waals surface area contributed by atoms with Gasteiger partial charge in [0.15, 0.2) is 5.96 Å². The molecule has 0 radical (unpaired) electrons. The number of nitrogens with one attached hydrogen (secondary N) is 2. The lowest BCUT2D eigenvalue weighted by Gasteiger charge is -2.36. The molecular weight excluding hydrogens is 348 g/mol. The number of amides is 2. The quantitative estimate of drug-likeness (QED) is 0.307. The van der Waals surface area contributed by atoms with Crippen molar-refractivity contribution in [2.24, 2.45) is 4.99 Å². The van der Waals surface area contributed by atoms with Crippen molar-refractivity contribution < 1.29 is 18.0 Å². The van der Waals surface area contributed by atoms with E-state index in [0.717, 1.165) is 6.26 Å². The lowest BCUT2D eigenvalue weighted by Crippen LogP contribution is -2.54. The number of guanidine groups is 1. The van der Waals surface area contributed by atoms with Gasteiger partial charge in [-0.15, -0.1) is 0 Å². The van der Waals surface area contributed by atoms with Gasteiger partial charge in [0.25, 0.3) is 0 Å². The van der Waals surface area contributed by atoms with Crippen LogP contribution in [0.5, 0.6) is 0 Å². The van der Waals surface area contributed by atoms with Crippen LogP contribution in [0.1, 0.15) is 6.92 Å². The zero-order valence-corrected chi connectivity index (χ0v) is 16.1. The molecule has 0 aromatic rings. The van der Waals surface area contributed by atoms with Crippen LogP contribution in [0.25, 0.3) is 0 Å². The van der Waals surface area contributed by atoms with Crippen molar-refractivity contribution in [3.05, 3.63) is 0 Å². The van der Waals surface area contributed by atoms with Crippen molar-refractivity contribution in [3.63, 3.8) is 0 Å². The van der Waals surface area contributed by atoms with Gasteiger partial charge in [0, 0.05) is 60.3 Å². The van der Waals surface area contributed by atoms with E-state index < -0.39 is 10.0 Å². The number of sulfonamides is 1. The van der Waals surface area contributed by atoms with Crippen LogP contribution in [0.3, 0.4) is 0 Å². The predicted molar refractivity (Wildman–Crippen MR) is 95.7 cm³/mol. The molecule has 10 nitrogen and oxygen atoms in total. The van der Waals surface area contributed by atoms with E-state index in [1.807, 2.05) is 4.90 Å². The van der Waals surface area contributed by atoms with Crippen molar-refractivity contribution in [1.29, 1.82) is 0 Å². The van der Waals surface area contributed by atoms with Crippen LogP contribution >= 0.6 is 0 Å². The zero-order valence-electron chi connectivity index (χ0n) is 15.3. The predicted octanol–water partition coefficient (Wildman–Crippen LogP) is -2.27. The number of piperazine rings is 1. The van der Waals surface area contributed by atoms with Crippen LogP contribution in [0, 0.1) is 0 Å². The minimum Gasteiger partial charge on any atom is -0.355 e. The van der Waals surface area contributed by atoms with Gasteiger partial charge in [-0.25, -0.2) is 18.1 Å². The first-order valence-electron chi connectivity index (χ1n) is 8.03. The largest absolute Gasteiger partial charge is 0.355 e. The van der Waals surface area contributed by atoms with Crippen molar-refractivity contribution in [2.75, 3.05) is 66.2 Å². The van der Waals surface area contributed by atoms with E-state index in [1.165, 1.54) is 11.8 Å². The number of rotatable bonds is 6. The molecule has 0 aliphatic carbocycles. The first kappa shape index (κ1) is 21.2. The summed E-state index contributed by atoms with van der Waals surface area (Å²) in [6, 6.07) is 0. The Morgan fingerprint density at radius 1 is 1.08 bits per heavy atom. The molecule has 2 amide bonds. The smallest absolute Gasteiger partial charge is 0.243 e. The highest BCUT2D eigenvalue weighted by Crippen LogP contribution is 2.02. The molecule has 0 atom stereocenters. The van der Waals surface area contributed by atoms with Gasteiger partial charge in [0.05, 0.1) is 6.26 Å². The fraction of sp³-hybridized carbons (Fsp3) is 0.786. The number of hydrogen-bond acceptors (Lipinski definition) is 5. The molecule has 0 spiro atoms. The summed E-state index contributed by atoms with van der Waals surface area (Å²) in [5.41, 5.74) is 0. The normalized spacial score (nSPS) is 15.9. The van der Waals surface area contributed by atoms with Gasteiger partial charge in [-0.05, 0) is 0 Å². The summed E-state index contributed by atoms with van der Waals surface area (Å²) in [6.45, 7) is 4.46. The monoisotopic (exact) mass is 376 g/mol. The molecule has 1 heterocycles. The summed E-state index contributed by atoms with van der Waals surface area (Å²) in [5, 5.41) is 3.08. The van der Waals surface area contributed by atoms with Gasteiger partial charge in [-0.3, -0.25) is 9.59 Å². The van der Waals surface area contributed by atoms with Gasteiger partial charge in [0.2, 0.25) is 21.8 Å². The maximum absolute atomic E-state index is 11.8. The van der Waals surface area contributed by atoms with E-state index in [9.17, 15) is 18.0 Å². The van der Waals surface area contributed by atoms with E-state index in [1.54, 1.807) is 19.0 Å². The summed E-state index contributed by atoms with van der Waals surface area (Å²) in [4.78, 5) is 32.7. The molecule has 11 heteroatoms. The Morgan fingerprint density at radius 3 is 2.12 bits per heavy atom. The Labute approximate surface area is 149 Å². The Bertz CT molecular complexity index is 596. The maximum atomic E-state index is 11.8. The fourth-order valence-corrected chi connectivity index (χ4v) is 2.67. The van der Waals surface area contributed by atoms with Crippen molar-refractivity contribution >= 4 is 27.8 Å². The molecule has 0 bridgehead atoms. The van der Waals surface area contributed by atoms with E-state index in [-0.39, 0.29) is 24.9 Å². The van der Waals surface area contributed by atoms with Gasteiger partial charge in [0.1, 0.15) is 6.54 Å². The molecule has 1 aliphatic heterocycles. The van der Waals surface area contributed by atoms with E-state index in [4.69, 9.17) is 0 Å². The number of aliphatic imine (C=N–C) groups is 1. The van der Waals surface area contributed by atoms with Crippen molar-refractivity contribution in [1.82, 2.24) is 24.7 Å². The maximum Gasteiger partial charge on any atom is 0.243 e. The molecule has 2 N–H and O–H groups in total. The van der Waals surface area contributed by atoms with Gasteiger partial charge in [-0.1, -0.05) is 0 Å². The Balaban J connectivity index is 2.66. The highest BCUT2D eigenvalue weighted by atomic mass is 32.2. The number of likely N-dealkylation sites (N-methyl/N-ethyl adjacent to an activating group) is 1. The second-order valence-electron chi connectivity index (χ2n) is 6.01. The third-order valence-electron chi connectivity index (χ3n) is 3.66. The molecule has 0 aromatic carbocycles. The first-order valence-corrected chi connectivity index (χ1v) is 9.93. The van der Waals surface area contributed by atoms with Crippen LogP contribution in [0.4, 0.5) is 0 Å². The second-order valence-corrected chi connectivity index (χ2v) is 7.85. The summed E-state index contributed by atoms with van der Waals surface area (Å²) in [5.74, 6) is 0.441. The molecule has 1 fully saturated rings. The molecule has 144 valence electrons. The summed E-state index contributed by atoms with van der Waals surface area (Å²) in [6.07, 6.45) is 1.10. The second kappa shape index (κ2) is 9.56. The van der Waals surface area contributed by atoms with Crippen LogP contribution in [0.2, 0.25) is 0 Å². The third-order valence-corrected chi connectivity index (χ3v) is 4.39. The lowest BCUT2D eigenvalue weighted by molar-refractivity contribution is -0.130. The molecule has 0 unspecified atom stereocenters. The molecule has 0 aromatic heterocycles. The summed E-state index contributed by atoms with van der Waals surface area (Å²) in [7, 11) is 0.0696. The Hall–Kier alpha value is -1.88. The number of nitrogens with zero attached hydrogens (tertiary/aromatic N) is 4. The van der Waals surface area contributed by atoms with E-state index in [2.05, 4.69) is 15.0 Å². The molecule has 1 aliphatic rings. The number of carbonyl (C=O) groups is 2. The van der Waals surface area contributed by atoms with Crippen LogP contribution in [0.15, 0.2) is 4.99 Å². The minimum atomic E-state index is -3.25. The Kier molecular flexibility index (Phi) is 8.10. The minimum absolute atomic E-state index is 0.00175. The average molecular weight is 376 g/mol. The topological polar surface area (TPSA) is 114 Å². The van der Waals surface area contributed by atoms with Crippen molar-refractivity contribution in [3.8, 4) is 0 Å². The third kappa shape index (κ3) is 8.16. The molecular formula is C14H28N6O4S. The van der Waals surface area contributed by atoms with Crippen LogP contribution in [-0.4, -0.2) is 107 Å². The standard InChI is InChI=1S/C14H28N6O4S/c1-12(21)19-7-9-20(10-8-19)14(16-11-13(22)18(2)3)15-5-6-17-25(4,23)24/h17H,5-11H2,1-4H3,(H,15,16). The van der Waals surface area contributed by atoms with E-state index >= 15 is 0 Å². The fourth-order valence-electron chi connectivity index (χ4n) is 2.20. The van der Waals surface area contributed by atoms with Gasteiger partial charge in [-0.2, -0.15) is 0 Å². The zero-order chi connectivity index (χ0) is 19.0. The first-order chi connectivity index (χ1) is 11.6. The molecule has 25 heavy (non-hydrogen) atoms. The van der Waals surface area contributed by atoms with Gasteiger partial charge >= 0.3 is 0 Å². The number of carbonyl (C=O) groups excluding carboxylic acids is 2. The van der Waals surface area contributed by atoms with Crippen LogP contribution < -0.4 is 10.0 Å². The summed E-state index contributed by atoms with van der Waals surface area (Å²) >= 11 is 0. The average Bonchev–Trinajstić information content (AvgIpc) is 2.52. The van der Waals surface area contributed by atoms with Gasteiger partial charge < -0.3 is 20.0 Å². The van der Waals surface area contributed by atoms with Crippen molar-refractivity contribution in [2.45, 2.75) is 6.92 Å². The number of hydrogen-bond donors (Lipinski definition) is 2. The lowest BCUT2D eigenvalue weighted by atomic mass is 10.3. The van der Waals surface area contributed by atoms with Crippen LogP contribution in [-0.2, 0) is 19.6 Å². The Morgan fingerprint density at radius 2 is 1.64 bits per heavy atom. The molecule has 1 saturated heterocycles. The highest BCUT2D eigenvalue weighted by molar-refractivity contribution is 7.88. The van der Waals surface area contributed by atoms with E-state index in [0.29, 0.717) is 38.7 Å². The highest BCUT2D eigenvalue weighted by Gasteiger charge is 2.21. The SMILES string of the molecule is CC(=O)N1CCN(C(=NCC(=O)N(C)C)NCCNS(C)(=O)=O)CC1.